The van der Waals surface area contributed by atoms with Crippen LogP contribution in [0.4, 0.5) is 4.79 Å². The second-order valence-corrected chi connectivity index (χ2v) is 7.13. The second kappa shape index (κ2) is 7.98. The quantitative estimate of drug-likeness (QED) is 0.804. The number of ether oxygens (including phenoxy) is 3. The molecule has 0 bridgehead atoms. The number of hydrogen-bond donors (Lipinski definition) is 0. The van der Waals surface area contributed by atoms with E-state index < -0.39 is 6.09 Å². The summed E-state index contributed by atoms with van der Waals surface area (Å²) in [5, 5.41) is 0. The summed E-state index contributed by atoms with van der Waals surface area (Å²) in [6.07, 6.45) is 4.32. The van der Waals surface area contributed by atoms with Crippen molar-refractivity contribution in [1.82, 2.24) is 4.90 Å². The van der Waals surface area contributed by atoms with Gasteiger partial charge in [0, 0.05) is 24.9 Å². The zero-order valence-electron chi connectivity index (χ0n) is 15.7. The van der Waals surface area contributed by atoms with Crippen LogP contribution in [0.1, 0.15) is 44.1 Å². The highest BCUT2D eigenvalue weighted by Gasteiger charge is 2.39. The molecular formula is C20H27NO5. The molecule has 1 aliphatic carbocycles. The molecule has 6 nitrogen and oxygen atoms in total. The molecule has 1 aliphatic heterocycles. The summed E-state index contributed by atoms with van der Waals surface area (Å²) in [5.74, 6) is 1.19. The number of likely N-dealkylation sites (tertiary alicyclic amines) is 1. The van der Waals surface area contributed by atoms with Crippen molar-refractivity contribution in [3.63, 3.8) is 0 Å². The first-order chi connectivity index (χ1) is 12.5. The largest absolute Gasteiger partial charge is 0.493 e. The van der Waals surface area contributed by atoms with Gasteiger partial charge in [-0.25, -0.2) is 4.79 Å². The van der Waals surface area contributed by atoms with Gasteiger partial charge < -0.3 is 19.1 Å². The number of Topliss-reactive ketones (excluding diaryl/α,β-unsaturated/α-hetero) is 1. The summed E-state index contributed by atoms with van der Waals surface area (Å²) in [6, 6.07) is 5.82. The fraction of sp³-hybridized carbons (Fsp3) is 0.600. The van der Waals surface area contributed by atoms with Gasteiger partial charge in [-0.05, 0) is 50.3 Å². The Hall–Kier alpha value is -2.24. The Balaban J connectivity index is 1.86. The summed E-state index contributed by atoms with van der Waals surface area (Å²) in [5.41, 5.74) is 0.991. The van der Waals surface area contributed by atoms with Gasteiger partial charge in [0.25, 0.3) is 0 Å². The summed E-state index contributed by atoms with van der Waals surface area (Å²) >= 11 is 0. The minimum Gasteiger partial charge on any atom is -0.493 e. The van der Waals surface area contributed by atoms with Crippen LogP contribution in [0.2, 0.25) is 0 Å². The summed E-state index contributed by atoms with van der Waals surface area (Å²) < 4.78 is 16.4. The fourth-order valence-corrected chi connectivity index (χ4v) is 4.03. The predicted molar refractivity (Wildman–Crippen MR) is 96.8 cm³/mol. The van der Waals surface area contributed by atoms with Crippen molar-refractivity contribution in [3.8, 4) is 11.5 Å². The van der Waals surface area contributed by atoms with Gasteiger partial charge in [0.05, 0.1) is 20.3 Å². The lowest BCUT2D eigenvalue weighted by molar-refractivity contribution is -0.120. The molecule has 1 amide bonds. The van der Waals surface area contributed by atoms with Crippen LogP contribution in [0.5, 0.6) is 11.5 Å². The van der Waals surface area contributed by atoms with E-state index in [-0.39, 0.29) is 23.7 Å². The van der Waals surface area contributed by atoms with Gasteiger partial charge in [-0.15, -0.1) is 0 Å². The average molecular weight is 361 g/mol. The fourth-order valence-electron chi connectivity index (χ4n) is 4.03. The van der Waals surface area contributed by atoms with E-state index in [2.05, 4.69) is 0 Å². The lowest BCUT2D eigenvalue weighted by Crippen LogP contribution is -2.29. The highest BCUT2D eigenvalue weighted by Crippen LogP contribution is 2.39. The van der Waals surface area contributed by atoms with E-state index in [1.807, 2.05) is 18.2 Å². The number of rotatable bonds is 5. The minimum absolute atomic E-state index is 0.0663. The van der Waals surface area contributed by atoms with Gasteiger partial charge in [-0.2, -0.15) is 0 Å². The van der Waals surface area contributed by atoms with Crippen LogP contribution in [0.25, 0.3) is 0 Å². The molecule has 1 aromatic rings. The number of carbonyl (C=O) groups is 2. The molecule has 26 heavy (non-hydrogen) atoms. The first-order valence-corrected chi connectivity index (χ1v) is 9.21. The van der Waals surface area contributed by atoms with Crippen LogP contribution in [0.15, 0.2) is 18.2 Å². The van der Waals surface area contributed by atoms with Gasteiger partial charge in [-0.1, -0.05) is 6.07 Å². The second-order valence-electron chi connectivity index (χ2n) is 7.13. The number of amides is 1. The van der Waals surface area contributed by atoms with Crippen LogP contribution in [-0.2, 0) is 9.53 Å². The summed E-state index contributed by atoms with van der Waals surface area (Å²) in [7, 11) is 2.99. The molecule has 6 heteroatoms. The zero-order valence-corrected chi connectivity index (χ0v) is 15.7. The van der Waals surface area contributed by atoms with E-state index in [1.165, 1.54) is 20.0 Å². The molecule has 142 valence electrons. The molecule has 0 aromatic heterocycles. The van der Waals surface area contributed by atoms with Crippen molar-refractivity contribution in [2.24, 2.45) is 5.92 Å². The number of ketones is 1. The maximum Gasteiger partial charge on any atom is 0.409 e. The van der Waals surface area contributed by atoms with Crippen molar-refractivity contribution >= 4 is 11.9 Å². The van der Waals surface area contributed by atoms with Crippen molar-refractivity contribution in [1.29, 1.82) is 0 Å². The molecule has 1 aromatic carbocycles. The third-order valence-electron chi connectivity index (χ3n) is 5.49. The van der Waals surface area contributed by atoms with E-state index in [9.17, 15) is 9.59 Å². The Morgan fingerprint density at radius 2 is 1.81 bits per heavy atom. The lowest BCUT2D eigenvalue weighted by Gasteiger charge is -2.20. The van der Waals surface area contributed by atoms with Crippen LogP contribution >= 0.6 is 0 Å². The van der Waals surface area contributed by atoms with Crippen LogP contribution in [0, 0.1) is 5.92 Å². The van der Waals surface area contributed by atoms with Gasteiger partial charge in [0.2, 0.25) is 0 Å². The van der Waals surface area contributed by atoms with E-state index in [1.54, 1.807) is 18.9 Å². The van der Waals surface area contributed by atoms with Crippen LogP contribution < -0.4 is 9.47 Å². The van der Waals surface area contributed by atoms with Gasteiger partial charge in [-0.3, -0.25) is 4.79 Å². The van der Waals surface area contributed by atoms with Gasteiger partial charge in [0.1, 0.15) is 5.78 Å². The van der Waals surface area contributed by atoms with E-state index in [0.717, 1.165) is 24.2 Å². The molecule has 1 heterocycles. The minimum atomic E-state index is -0.394. The Bertz CT molecular complexity index is 668. The molecular weight excluding hydrogens is 334 g/mol. The maximum atomic E-state index is 12.1. The standard InChI is InChI=1S/C20H27NO5/c1-13(22)16-11-21(20(23)25-3)12-17(16)14-8-9-18(24-2)19(10-14)26-15-6-4-5-7-15/h8-10,15-17H,4-7,11-12H2,1-3H3/t16-,17+/m1/s1. The Morgan fingerprint density at radius 1 is 1.08 bits per heavy atom. The highest BCUT2D eigenvalue weighted by molar-refractivity contribution is 5.81. The lowest BCUT2D eigenvalue weighted by atomic mass is 9.86. The molecule has 1 saturated carbocycles. The van der Waals surface area contributed by atoms with Crippen molar-refractivity contribution < 1.29 is 23.8 Å². The molecule has 2 fully saturated rings. The molecule has 0 radical (unpaired) electrons. The van der Waals surface area contributed by atoms with E-state index >= 15 is 0 Å². The zero-order chi connectivity index (χ0) is 18.7. The third-order valence-corrected chi connectivity index (χ3v) is 5.49. The van der Waals surface area contributed by atoms with Gasteiger partial charge in [0.15, 0.2) is 11.5 Å². The molecule has 1 saturated heterocycles. The van der Waals surface area contributed by atoms with Crippen LogP contribution in [-0.4, -0.2) is 50.2 Å². The number of hydrogen-bond acceptors (Lipinski definition) is 5. The Labute approximate surface area is 154 Å². The average Bonchev–Trinajstić information content (AvgIpc) is 3.30. The monoisotopic (exact) mass is 361 g/mol. The summed E-state index contributed by atoms with van der Waals surface area (Å²) in [6.45, 7) is 2.43. The van der Waals surface area contributed by atoms with Crippen molar-refractivity contribution in [3.05, 3.63) is 23.8 Å². The van der Waals surface area contributed by atoms with Crippen molar-refractivity contribution in [2.75, 3.05) is 27.3 Å². The first-order valence-electron chi connectivity index (χ1n) is 9.21. The summed E-state index contributed by atoms with van der Waals surface area (Å²) in [4.78, 5) is 25.6. The highest BCUT2D eigenvalue weighted by atomic mass is 16.5. The first kappa shape index (κ1) is 18.5. The topological polar surface area (TPSA) is 65.1 Å². The number of nitrogens with zero attached hydrogens (tertiary/aromatic N) is 1. The molecule has 2 atom stereocenters. The number of carbonyl (C=O) groups excluding carboxylic acids is 2. The van der Waals surface area contributed by atoms with E-state index in [0.29, 0.717) is 18.8 Å². The number of benzene rings is 1. The smallest absolute Gasteiger partial charge is 0.409 e. The molecule has 3 rings (SSSR count). The molecule has 0 N–H and O–H groups in total. The third kappa shape index (κ3) is 3.79. The Kier molecular flexibility index (Phi) is 5.69. The van der Waals surface area contributed by atoms with Crippen molar-refractivity contribution in [2.45, 2.75) is 44.6 Å². The molecule has 2 aliphatic rings. The number of methoxy groups -OCH3 is 2. The Morgan fingerprint density at radius 3 is 2.42 bits per heavy atom. The molecule has 0 spiro atoms. The predicted octanol–water partition coefficient (Wildman–Crippen LogP) is 3.39. The van der Waals surface area contributed by atoms with E-state index in [4.69, 9.17) is 14.2 Å². The normalized spacial score (nSPS) is 23.1. The SMILES string of the molecule is COC(=O)N1C[C@H](C(C)=O)[C@H](c2ccc(OC)c(OC3CCCC3)c2)C1. The van der Waals surface area contributed by atoms with Gasteiger partial charge >= 0.3 is 6.09 Å². The van der Waals surface area contributed by atoms with Crippen LogP contribution in [0.3, 0.4) is 0 Å². The molecule has 0 unspecified atom stereocenters. The maximum absolute atomic E-state index is 12.1.